The van der Waals surface area contributed by atoms with Crippen LogP contribution in [0.2, 0.25) is 0 Å². The van der Waals surface area contributed by atoms with Gasteiger partial charge in [-0.05, 0) is 24.9 Å². The second-order valence-corrected chi connectivity index (χ2v) is 6.29. The molecule has 0 aliphatic carbocycles. The van der Waals surface area contributed by atoms with Gasteiger partial charge in [-0.1, -0.05) is 30.3 Å². The Bertz CT molecular complexity index is 674. The molecule has 0 radical (unpaired) electrons. The summed E-state index contributed by atoms with van der Waals surface area (Å²) in [5.74, 6) is -2.54. The van der Waals surface area contributed by atoms with E-state index in [0.717, 1.165) is 24.9 Å². The summed E-state index contributed by atoms with van der Waals surface area (Å²) in [4.78, 5) is 46.8. The Morgan fingerprint density at radius 1 is 1.07 bits per heavy atom. The van der Waals surface area contributed by atoms with Crippen LogP contribution in [0.15, 0.2) is 30.3 Å². The zero-order chi connectivity index (χ0) is 19.6. The van der Waals surface area contributed by atoms with Crippen LogP contribution in [-0.4, -0.2) is 60.5 Å². The third-order valence-electron chi connectivity index (χ3n) is 4.16. The molecule has 1 aliphatic rings. The number of carboxylic acids is 1. The van der Waals surface area contributed by atoms with Crippen molar-refractivity contribution in [1.29, 1.82) is 0 Å². The van der Waals surface area contributed by atoms with Crippen molar-refractivity contribution in [3.05, 3.63) is 35.9 Å². The van der Waals surface area contributed by atoms with E-state index < -0.39 is 23.8 Å². The molecule has 1 aliphatic heterocycles. The minimum absolute atomic E-state index is 0.139. The number of nitrogens with one attached hydrogen (secondary N) is 4. The highest BCUT2D eigenvalue weighted by Crippen LogP contribution is 2.04. The van der Waals surface area contributed by atoms with Gasteiger partial charge in [0.1, 0.15) is 6.04 Å². The van der Waals surface area contributed by atoms with Gasteiger partial charge in [-0.15, -0.1) is 0 Å². The lowest BCUT2D eigenvalue weighted by atomic mass is 10.1. The highest BCUT2D eigenvalue weighted by molar-refractivity contribution is 5.90. The quantitative estimate of drug-likeness (QED) is 0.367. The molecule has 146 valence electrons. The van der Waals surface area contributed by atoms with Crippen molar-refractivity contribution in [1.82, 2.24) is 21.3 Å². The zero-order valence-corrected chi connectivity index (χ0v) is 14.9. The molecule has 2 unspecified atom stereocenters. The summed E-state index contributed by atoms with van der Waals surface area (Å²) in [6.07, 6.45) is 1.78. The van der Waals surface area contributed by atoms with Crippen LogP contribution in [0.5, 0.6) is 0 Å². The van der Waals surface area contributed by atoms with Gasteiger partial charge in [0.25, 0.3) is 0 Å². The van der Waals surface area contributed by atoms with E-state index in [2.05, 4.69) is 21.3 Å². The molecule has 0 aromatic heterocycles. The summed E-state index contributed by atoms with van der Waals surface area (Å²) >= 11 is 0. The Morgan fingerprint density at radius 3 is 2.41 bits per heavy atom. The van der Waals surface area contributed by atoms with Gasteiger partial charge in [-0.2, -0.15) is 0 Å². The minimum atomic E-state index is -1.16. The van der Waals surface area contributed by atoms with Gasteiger partial charge in [-0.25, -0.2) is 4.79 Å². The Kier molecular flexibility index (Phi) is 7.75. The van der Waals surface area contributed by atoms with Crippen molar-refractivity contribution >= 4 is 23.7 Å². The van der Waals surface area contributed by atoms with E-state index in [0.29, 0.717) is 0 Å². The van der Waals surface area contributed by atoms with Crippen molar-refractivity contribution in [3.63, 3.8) is 0 Å². The highest BCUT2D eigenvalue weighted by Gasteiger charge is 2.23. The van der Waals surface area contributed by atoms with Crippen LogP contribution >= 0.6 is 0 Å². The molecule has 2 rings (SSSR count). The van der Waals surface area contributed by atoms with Crippen molar-refractivity contribution in [2.45, 2.75) is 31.3 Å². The van der Waals surface area contributed by atoms with E-state index in [1.165, 1.54) is 0 Å². The molecule has 3 amide bonds. The predicted molar refractivity (Wildman–Crippen MR) is 96.8 cm³/mol. The molecule has 1 aromatic carbocycles. The number of amides is 3. The second kappa shape index (κ2) is 10.3. The van der Waals surface area contributed by atoms with E-state index in [1.807, 2.05) is 6.07 Å². The molecule has 1 fully saturated rings. The second-order valence-electron chi connectivity index (χ2n) is 6.29. The van der Waals surface area contributed by atoms with Crippen LogP contribution in [0, 0.1) is 0 Å². The van der Waals surface area contributed by atoms with E-state index in [-0.39, 0.29) is 31.5 Å². The Labute approximate surface area is 156 Å². The fraction of sp³-hybridized carbons (Fsp3) is 0.444. The summed E-state index contributed by atoms with van der Waals surface area (Å²) in [5.41, 5.74) is 0.775. The van der Waals surface area contributed by atoms with Crippen LogP contribution in [0.3, 0.4) is 0 Å². The number of carboxylic acid groups (broad SMARTS) is 1. The van der Waals surface area contributed by atoms with Crippen LogP contribution in [0.25, 0.3) is 0 Å². The summed E-state index contributed by atoms with van der Waals surface area (Å²) in [6.45, 7) is 0.170. The zero-order valence-electron chi connectivity index (χ0n) is 14.9. The normalized spacial score (nSPS) is 17.0. The third-order valence-corrected chi connectivity index (χ3v) is 4.16. The van der Waals surface area contributed by atoms with Crippen molar-refractivity contribution in [3.8, 4) is 0 Å². The van der Waals surface area contributed by atoms with Crippen molar-refractivity contribution < 1.29 is 24.3 Å². The Balaban J connectivity index is 1.70. The standard InChI is InChI=1S/C18H24N4O5/c23-15(10-21-17(25)13-7-4-8-19-13)20-11-16(24)22-14(18(26)27)9-12-5-2-1-3-6-12/h1-3,5-6,13-14,19H,4,7-11H2,(H,20,23)(H,21,25)(H,22,24)(H,26,27). The first-order valence-electron chi connectivity index (χ1n) is 8.79. The van der Waals surface area contributed by atoms with Gasteiger partial charge in [0, 0.05) is 6.42 Å². The van der Waals surface area contributed by atoms with E-state index in [9.17, 15) is 24.3 Å². The lowest BCUT2D eigenvalue weighted by Crippen LogP contribution is -2.49. The molecular weight excluding hydrogens is 352 g/mol. The molecule has 0 bridgehead atoms. The average Bonchev–Trinajstić information content (AvgIpc) is 3.19. The first-order chi connectivity index (χ1) is 13.0. The molecule has 0 spiro atoms. The molecule has 5 N–H and O–H groups in total. The molecule has 1 aromatic rings. The summed E-state index contributed by atoms with van der Waals surface area (Å²) in [7, 11) is 0. The smallest absolute Gasteiger partial charge is 0.326 e. The maximum atomic E-state index is 11.9. The van der Waals surface area contributed by atoms with E-state index in [4.69, 9.17) is 0 Å². The average molecular weight is 376 g/mol. The molecule has 1 saturated heterocycles. The molecule has 1 heterocycles. The van der Waals surface area contributed by atoms with E-state index in [1.54, 1.807) is 24.3 Å². The number of benzene rings is 1. The van der Waals surface area contributed by atoms with Gasteiger partial charge < -0.3 is 26.4 Å². The number of rotatable bonds is 9. The fourth-order valence-corrected chi connectivity index (χ4v) is 2.74. The summed E-state index contributed by atoms with van der Waals surface area (Å²) < 4.78 is 0. The lowest BCUT2D eigenvalue weighted by molar-refractivity contribution is -0.141. The fourth-order valence-electron chi connectivity index (χ4n) is 2.74. The lowest BCUT2D eigenvalue weighted by Gasteiger charge is -2.15. The number of aliphatic carboxylic acids is 1. The van der Waals surface area contributed by atoms with Crippen LogP contribution in [0.1, 0.15) is 18.4 Å². The summed E-state index contributed by atoms with van der Waals surface area (Å²) in [6, 6.07) is 7.55. The first kappa shape index (κ1) is 20.4. The highest BCUT2D eigenvalue weighted by atomic mass is 16.4. The number of hydrogen-bond donors (Lipinski definition) is 5. The third kappa shape index (κ3) is 7.06. The summed E-state index contributed by atoms with van der Waals surface area (Å²) in [5, 5.41) is 19.5. The molecule has 9 heteroatoms. The van der Waals surface area contributed by atoms with Gasteiger partial charge in [0.15, 0.2) is 0 Å². The largest absolute Gasteiger partial charge is 0.480 e. The topological polar surface area (TPSA) is 137 Å². The first-order valence-corrected chi connectivity index (χ1v) is 8.79. The Hall–Kier alpha value is -2.94. The predicted octanol–water partition coefficient (Wildman–Crippen LogP) is -1.22. The molecular formula is C18H24N4O5. The minimum Gasteiger partial charge on any atom is -0.480 e. The molecule has 2 atom stereocenters. The van der Waals surface area contributed by atoms with Gasteiger partial charge in [0.2, 0.25) is 17.7 Å². The number of carbonyl (C=O) groups is 4. The van der Waals surface area contributed by atoms with Crippen molar-refractivity contribution in [2.24, 2.45) is 0 Å². The maximum Gasteiger partial charge on any atom is 0.326 e. The van der Waals surface area contributed by atoms with Crippen LogP contribution in [-0.2, 0) is 25.6 Å². The maximum absolute atomic E-state index is 11.9. The van der Waals surface area contributed by atoms with Crippen LogP contribution < -0.4 is 21.3 Å². The Morgan fingerprint density at radius 2 is 1.78 bits per heavy atom. The van der Waals surface area contributed by atoms with Gasteiger partial charge in [-0.3, -0.25) is 14.4 Å². The monoisotopic (exact) mass is 376 g/mol. The van der Waals surface area contributed by atoms with Gasteiger partial charge in [0.05, 0.1) is 19.1 Å². The van der Waals surface area contributed by atoms with Gasteiger partial charge >= 0.3 is 5.97 Å². The number of carbonyl (C=O) groups excluding carboxylic acids is 3. The van der Waals surface area contributed by atoms with Crippen molar-refractivity contribution in [2.75, 3.05) is 19.6 Å². The SMILES string of the molecule is O=C(CNC(=O)C1CCCN1)NCC(=O)NC(Cc1ccccc1)C(=O)O. The number of hydrogen-bond acceptors (Lipinski definition) is 5. The van der Waals surface area contributed by atoms with E-state index >= 15 is 0 Å². The molecule has 0 saturated carbocycles. The molecule has 27 heavy (non-hydrogen) atoms. The van der Waals surface area contributed by atoms with Crippen LogP contribution in [0.4, 0.5) is 0 Å². The molecule has 9 nitrogen and oxygen atoms in total.